The van der Waals surface area contributed by atoms with Crippen molar-refractivity contribution < 1.29 is 9.59 Å². The van der Waals surface area contributed by atoms with Crippen molar-refractivity contribution in [2.75, 3.05) is 17.2 Å². The zero-order valence-corrected chi connectivity index (χ0v) is 10.9. The van der Waals surface area contributed by atoms with Crippen LogP contribution in [0.25, 0.3) is 0 Å². The quantitative estimate of drug-likeness (QED) is 0.743. The maximum atomic E-state index is 12.2. The molecule has 0 bridgehead atoms. The maximum Gasteiger partial charge on any atom is 0.336 e. The fraction of sp³-hybridized carbons (Fsp3) is 0.167. The van der Waals surface area contributed by atoms with Crippen LogP contribution in [0.4, 0.5) is 10.5 Å². The minimum Gasteiger partial charge on any atom is -0.287 e. The van der Waals surface area contributed by atoms with E-state index in [0.717, 1.165) is 5.75 Å². The van der Waals surface area contributed by atoms with Crippen LogP contribution < -0.4 is 4.90 Å². The molecule has 0 N–H and O–H groups in total. The minimum absolute atomic E-state index is 0.269. The number of carbonyl (C=O) groups is 2. The molecule has 0 aliphatic carbocycles. The van der Waals surface area contributed by atoms with Crippen molar-refractivity contribution in [3.05, 3.63) is 40.4 Å². The molecule has 0 saturated carbocycles. The molecule has 3 amide bonds. The van der Waals surface area contributed by atoms with Gasteiger partial charge in [-0.2, -0.15) is 0 Å². The van der Waals surface area contributed by atoms with Crippen LogP contribution in [0.15, 0.2) is 35.4 Å². The first-order valence-electron chi connectivity index (χ1n) is 5.42. The van der Waals surface area contributed by atoms with Crippen molar-refractivity contribution in [1.82, 2.24) is 4.90 Å². The summed E-state index contributed by atoms with van der Waals surface area (Å²) >= 11 is 7.35. The summed E-state index contributed by atoms with van der Waals surface area (Å²) in [4.78, 5) is 27.1. The molecular formula is C12H9ClN2O2S. The molecule has 0 spiro atoms. The highest BCUT2D eigenvalue weighted by atomic mass is 35.5. The summed E-state index contributed by atoms with van der Waals surface area (Å²) in [7, 11) is 0. The van der Waals surface area contributed by atoms with E-state index in [1.54, 1.807) is 41.4 Å². The summed E-state index contributed by atoms with van der Waals surface area (Å²) in [6, 6.07) is 6.39. The molecule has 1 aromatic rings. The average Bonchev–Trinajstić information content (AvgIpc) is 2.64. The van der Waals surface area contributed by atoms with Gasteiger partial charge in [0.2, 0.25) is 0 Å². The second kappa shape index (κ2) is 4.33. The van der Waals surface area contributed by atoms with Crippen molar-refractivity contribution in [3.63, 3.8) is 0 Å². The number of fused-ring (bicyclic) bond motifs is 1. The Morgan fingerprint density at radius 2 is 1.89 bits per heavy atom. The van der Waals surface area contributed by atoms with E-state index in [9.17, 15) is 9.59 Å². The van der Waals surface area contributed by atoms with Crippen molar-refractivity contribution in [2.45, 2.75) is 0 Å². The predicted molar refractivity (Wildman–Crippen MR) is 71.6 cm³/mol. The highest BCUT2D eigenvalue weighted by Gasteiger charge is 2.42. The zero-order chi connectivity index (χ0) is 12.7. The Hall–Kier alpha value is -1.46. The maximum absolute atomic E-state index is 12.2. The Labute approximate surface area is 113 Å². The van der Waals surface area contributed by atoms with Gasteiger partial charge in [-0.1, -0.05) is 11.6 Å². The van der Waals surface area contributed by atoms with Gasteiger partial charge < -0.3 is 0 Å². The summed E-state index contributed by atoms with van der Waals surface area (Å²) in [5, 5.41) is 2.32. The first-order valence-corrected chi connectivity index (χ1v) is 6.84. The molecule has 0 unspecified atom stereocenters. The van der Waals surface area contributed by atoms with Gasteiger partial charge in [0.25, 0.3) is 5.91 Å². The predicted octanol–water partition coefficient (Wildman–Crippen LogP) is 2.70. The number of hydrogen-bond donors (Lipinski definition) is 0. The van der Waals surface area contributed by atoms with Crippen LogP contribution in [-0.4, -0.2) is 29.1 Å². The molecule has 1 aromatic carbocycles. The van der Waals surface area contributed by atoms with E-state index in [1.807, 2.05) is 0 Å². The largest absolute Gasteiger partial charge is 0.336 e. The molecule has 2 aliphatic heterocycles. The van der Waals surface area contributed by atoms with Crippen LogP contribution in [0.5, 0.6) is 0 Å². The molecule has 0 atom stereocenters. The molecular weight excluding hydrogens is 272 g/mol. The van der Waals surface area contributed by atoms with Crippen LogP contribution in [0.2, 0.25) is 5.02 Å². The van der Waals surface area contributed by atoms with E-state index in [1.165, 1.54) is 9.80 Å². The van der Waals surface area contributed by atoms with Gasteiger partial charge in [-0.05, 0) is 24.3 Å². The molecule has 92 valence electrons. The number of amides is 3. The van der Waals surface area contributed by atoms with Gasteiger partial charge in [-0.25, -0.2) is 9.69 Å². The first-order chi connectivity index (χ1) is 8.68. The van der Waals surface area contributed by atoms with E-state index >= 15 is 0 Å². The molecule has 6 heteroatoms. The molecule has 3 rings (SSSR count). The smallest absolute Gasteiger partial charge is 0.287 e. The topological polar surface area (TPSA) is 40.6 Å². The molecule has 2 aliphatic rings. The lowest BCUT2D eigenvalue weighted by atomic mass is 10.3. The summed E-state index contributed by atoms with van der Waals surface area (Å²) in [6.45, 7) is 0.575. The van der Waals surface area contributed by atoms with E-state index in [2.05, 4.69) is 0 Å². The third-order valence-electron chi connectivity index (χ3n) is 2.85. The number of imide groups is 1. The Bertz CT molecular complexity index is 556. The van der Waals surface area contributed by atoms with Gasteiger partial charge in [-0.15, -0.1) is 11.8 Å². The fourth-order valence-corrected chi connectivity index (χ4v) is 2.89. The molecule has 4 nitrogen and oxygen atoms in total. The Morgan fingerprint density at radius 3 is 2.56 bits per heavy atom. The molecule has 2 heterocycles. The molecule has 1 saturated heterocycles. The van der Waals surface area contributed by atoms with Crippen LogP contribution in [0.3, 0.4) is 0 Å². The Kier molecular flexibility index (Phi) is 2.80. The van der Waals surface area contributed by atoms with Crippen LogP contribution >= 0.6 is 23.4 Å². The standard InChI is InChI=1S/C12H9ClN2O2S/c13-8-1-3-9(4-2-8)15-11(16)10-7-18-6-5-14(10)12(15)17/h1-4,7H,5-6H2. The van der Waals surface area contributed by atoms with Crippen molar-refractivity contribution in [1.29, 1.82) is 0 Å². The van der Waals surface area contributed by atoms with Gasteiger partial charge in [0.1, 0.15) is 5.70 Å². The van der Waals surface area contributed by atoms with E-state index < -0.39 is 0 Å². The summed E-state index contributed by atoms with van der Waals surface area (Å²) in [5.41, 5.74) is 1.01. The third kappa shape index (κ3) is 1.71. The normalized spacial score (nSPS) is 19.1. The number of nitrogens with zero attached hydrogens (tertiary/aromatic N) is 2. The van der Waals surface area contributed by atoms with Crippen molar-refractivity contribution in [2.24, 2.45) is 0 Å². The second-order valence-electron chi connectivity index (χ2n) is 3.93. The number of hydrogen-bond acceptors (Lipinski definition) is 3. The number of anilines is 1. The fourth-order valence-electron chi connectivity index (χ4n) is 1.97. The molecule has 0 radical (unpaired) electrons. The van der Waals surface area contributed by atoms with Crippen molar-refractivity contribution >= 4 is 41.0 Å². The van der Waals surface area contributed by atoms with Gasteiger partial charge >= 0.3 is 6.03 Å². The van der Waals surface area contributed by atoms with Gasteiger partial charge in [0.05, 0.1) is 5.69 Å². The monoisotopic (exact) mass is 280 g/mol. The number of benzene rings is 1. The zero-order valence-electron chi connectivity index (χ0n) is 9.30. The van der Waals surface area contributed by atoms with Crippen LogP contribution in [0.1, 0.15) is 0 Å². The second-order valence-corrected chi connectivity index (χ2v) is 5.34. The van der Waals surface area contributed by atoms with E-state index in [4.69, 9.17) is 11.6 Å². The highest BCUT2D eigenvalue weighted by Crippen LogP contribution is 2.31. The molecule has 18 heavy (non-hydrogen) atoms. The van der Waals surface area contributed by atoms with E-state index in [0.29, 0.717) is 23.0 Å². The lowest BCUT2D eigenvalue weighted by Crippen LogP contribution is -2.34. The number of thioether (sulfide) groups is 1. The number of urea groups is 1. The summed E-state index contributed by atoms with van der Waals surface area (Å²) in [6.07, 6.45) is 0. The Balaban J connectivity index is 2.01. The molecule has 1 fully saturated rings. The first kappa shape index (κ1) is 11.6. The van der Waals surface area contributed by atoms with Crippen LogP contribution in [0, 0.1) is 0 Å². The molecule has 0 aromatic heterocycles. The number of halogens is 1. The van der Waals surface area contributed by atoms with Gasteiger partial charge in [0, 0.05) is 22.7 Å². The summed E-state index contributed by atoms with van der Waals surface area (Å²) < 4.78 is 0. The van der Waals surface area contributed by atoms with Gasteiger partial charge in [-0.3, -0.25) is 9.69 Å². The van der Waals surface area contributed by atoms with Crippen LogP contribution in [-0.2, 0) is 4.79 Å². The lowest BCUT2D eigenvalue weighted by Gasteiger charge is -2.19. The van der Waals surface area contributed by atoms with Gasteiger partial charge in [0.15, 0.2) is 0 Å². The Morgan fingerprint density at radius 1 is 1.17 bits per heavy atom. The average molecular weight is 281 g/mol. The van der Waals surface area contributed by atoms with E-state index in [-0.39, 0.29) is 11.9 Å². The SMILES string of the molecule is O=C1C2=CSCCN2C(=O)N1c1ccc(Cl)cc1. The number of carbonyl (C=O) groups excluding carboxylic acids is 2. The summed E-state index contributed by atoms with van der Waals surface area (Å²) in [5.74, 6) is 0.547. The minimum atomic E-state index is -0.283. The highest BCUT2D eigenvalue weighted by molar-refractivity contribution is 8.02. The number of rotatable bonds is 1. The van der Waals surface area contributed by atoms with Crippen molar-refractivity contribution in [3.8, 4) is 0 Å². The lowest BCUT2D eigenvalue weighted by molar-refractivity contribution is -0.114. The third-order valence-corrected chi connectivity index (χ3v) is 3.91.